The van der Waals surface area contributed by atoms with Crippen LogP contribution in [0, 0.1) is 0 Å². The second-order valence-corrected chi connectivity index (χ2v) is 8.12. The predicted octanol–water partition coefficient (Wildman–Crippen LogP) is 3.42. The number of nitrogens with zero attached hydrogens (tertiary/aromatic N) is 3. The lowest BCUT2D eigenvalue weighted by Crippen LogP contribution is -2.25. The van der Waals surface area contributed by atoms with Crippen LogP contribution in [-0.4, -0.2) is 39.4 Å². The Labute approximate surface area is 202 Å². The van der Waals surface area contributed by atoms with Crippen LogP contribution in [0.2, 0.25) is 0 Å². The molecule has 0 fully saturated rings. The molecule has 0 aliphatic carbocycles. The van der Waals surface area contributed by atoms with E-state index in [0.717, 1.165) is 11.3 Å². The molecular formula is C24H27N5O4S. The van der Waals surface area contributed by atoms with Crippen LogP contribution in [-0.2, 0) is 29.3 Å². The van der Waals surface area contributed by atoms with Crippen LogP contribution in [0.15, 0.2) is 66.3 Å². The molecule has 2 aromatic carbocycles. The molecule has 3 rings (SSSR count). The van der Waals surface area contributed by atoms with Crippen molar-refractivity contribution in [2.75, 3.05) is 18.2 Å². The third-order valence-electron chi connectivity index (χ3n) is 4.63. The van der Waals surface area contributed by atoms with Gasteiger partial charge in [0.05, 0.1) is 12.9 Å². The first-order valence-corrected chi connectivity index (χ1v) is 11.5. The van der Waals surface area contributed by atoms with Crippen molar-refractivity contribution in [3.05, 3.63) is 72.6 Å². The number of amides is 2. The van der Waals surface area contributed by atoms with Gasteiger partial charge >= 0.3 is 0 Å². The monoisotopic (exact) mass is 481 g/mol. The number of thioether (sulfide) groups is 1. The van der Waals surface area contributed by atoms with Gasteiger partial charge in [0.25, 0.3) is 0 Å². The number of para-hydroxylation sites is 1. The Morgan fingerprint density at radius 3 is 2.68 bits per heavy atom. The summed E-state index contributed by atoms with van der Waals surface area (Å²) >= 11 is 1.28. The highest BCUT2D eigenvalue weighted by Crippen LogP contribution is 2.23. The molecule has 178 valence electrons. The van der Waals surface area contributed by atoms with Crippen LogP contribution in [0.3, 0.4) is 0 Å². The van der Waals surface area contributed by atoms with Gasteiger partial charge in [-0.25, -0.2) is 0 Å². The fourth-order valence-corrected chi connectivity index (χ4v) is 3.88. The normalized spacial score (nSPS) is 10.4. The Balaban J connectivity index is 1.57. The largest absolute Gasteiger partial charge is 0.496 e. The minimum atomic E-state index is -0.174. The zero-order valence-electron chi connectivity index (χ0n) is 19.1. The molecule has 0 saturated heterocycles. The quantitative estimate of drug-likeness (QED) is 0.301. The second-order valence-electron chi connectivity index (χ2n) is 7.17. The Bertz CT molecular complexity index is 1130. The van der Waals surface area contributed by atoms with Crippen LogP contribution in [0.5, 0.6) is 11.5 Å². The highest BCUT2D eigenvalue weighted by Gasteiger charge is 2.15. The lowest BCUT2D eigenvalue weighted by Gasteiger charge is -2.12. The lowest BCUT2D eigenvalue weighted by atomic mass is 10.1. The molecule has 3 aromatic rings. The number of aromatic nitrogens is 3. The maximum atomic E-state index is 12.5. The summed E-state index contributed by atoms with van der Waals surface area (Å²) in [6.07, 6.45) is 1.74. The Kier molecular flexibility index (Phi) is 9.10. The molecule has 0 unspecified atom stereocenters. The number of carbonyl (C=O) groups excluding carboxylic acids is 2. The van der Waals surface area contributed by atoms with Crippen LogP contribution in [0.1, 0.15) is 18.3 Å². The maximum Gasteiger partial charge on any atom is 0.230 e. The minimum Gasteiger partial charge on any atom is -0.496 e. The average Bonchev–Trinajstić information content (AvgIpc) is 3.22. The molecule has 2 N–H and O–H groups in total. The summed E-state index contributed by atoms with van der Waals surface area (Å²) in [5, 5.41) is 14.6. The van der Waals surface area contributed by atoms with Gasteiger partial charge in [-0.3, -0.25) is 14.2 Å². The van der Waals surface area contributed by atoms with Gasteiger partial charge in [0, 0.05) is 31.3 Å². The van der Waals surface area contributed by atoms with Gasteiger partial charge in [0.15, 0.2) is 11.0 Å². The van der Waals surface area contributed by atoms with Crippen molar-refractivity contribution < 1.29 is 19.1 Å². The first-order chi connectivity index (χ1) is 16.5. The van der Waals surface area contributed by atoms with E-state index < -0.39 is 0 Å². The fourth-order valence-electron chi connectivity index (χ4n) is 3.08. The molecule has 9 nitrogen and oxygen atoms in total. The van der Waals surface area contributed by atoms with E-state index in [0.29, 0.717) is 29.0 Å². The van der Waals surface area contributed by atoms with Gasteiger partial charge in [-0.15, -0.1) is 16.8 Å². The Morgan fingerprint density at radius 2 is 1.97 bits per heavy atom. The molecule has 0 spiro atoms. The van der Waals surface area contributed by atoms with Crippen molar-refractivity contribution in [2.24, 2.45) is 0 Å². The number of nitrogens with one attached hydrogen (secondary N) is 2. The Hall–Kier alpha value is -3.79. The molecule has 1 heterocycles. The standard InChI is InChI=1S/C24H27N5O4S/c1-4-12-29-22(15-33-20-8-6-5-7-9-20)27-28-24(29)34-16-23(31)25-14-18-13-19(26-17(2)30)10-11-21(18)32-3/h4-11,13H,1,12,14-16H2,2-3H3,(H,25,31)(H,26,30). The number of benzene rings is 2. The van der Waals surface area contributed by atoms with E-state index in [1.165, 1.54) is 18.7 Å². The smallest absolute Gasteiger partial charge is 0.230 e. The summed E-state index contributed by atoms with van der Waals surface area (Å²) in [6.45, 7) is 6.23. The SMILES string of the molecule is C=CCn1c(COc2ccccc2)nnc1SCC(=O)NCc1cc(NC(C)=O)ccc1OC. The first kappa shape index (κ1) is 24.8. The average molecular weight is 482 g/mol. The molecule has 0 aliphatic heterocycles. The van der Waals surface area contributed by atoms with Crippen LogP contribution in [0.25, 0.3) is 0 Å². The molecule has 0 radical (unpaired) electrons. The second kappa shape index (κ2) is 12.4. The van der Waals surface area contributed by atoms with E-state index in [-0.39, 0.29) is 30.7 Å². The van der Waals surface area contributed by atoms with Crippen LogP contribution < -0.4 is 20.1 Å². The topological polar surface area (TPSA) is 107 Å². The number of hydrogen-bond donors (Lipinski definition) is 2. The number of rotatable bonds is 12. The number of hydrogen-bond acceptors (Lipinski definition) is 7. The zero-order valence-corrected chi connectivity index (χ0v) is 19.9. The maximum absolute atomic E-state index is 12.5. The molecule has 0 bridgehead atoms. The van der Waals surface area contributed by atoms with E-state index in [1.807, 2.05) is 34.9 Å². The van der Waals surface area contributed by atoms with Crippen LogP contribution >= 0.6 is 11.8 Å². The van der Waals surface area contributed by atoms with Gasteiger partial charge in [0.2, 0.25) is 11.8 Å². The van der Waals surface area contributed by atoms with E-state index >= 15 is 0 Å². The van der Waals surface area contributed by atoms with Crippen molar-refractivity contribution >= 4 is 29.3 Å². The van der Waals surface area contributed by atoms with Gasteiger partial charge in [-0.2, -0.15) is 0 Å². The third-order valence-corrected chi connectivity index (χ3v) is 5.59. The van der Waals surface area contributed by atoms with E-state index in [4.69, 9.17) is 9.47 Å². The highest BCUT2D eigenvalue weighted by atomic mass is 32.2. The van der Waals surface area contributed by atoms with Crippen molar-refractivity contribution in [3.63, 3.8) is 0 Å². The van der Waals surface area contributed by atoms with E-state index in [2.05, 4.69) is 27.4 Å². The van der Waals surface area contributed by atoms with Gasteiger partial charge in [0.1, 0.15) is 18.1 Å². The molecule has 0 saturated carbocycles. The van der Waals surface area contributed by atoms with E-state index in [9.17, 15) is 9.59 Å². The summed E-state index contributed by atoms with van der Waals surface area (Å²) in [4.78, 5) is 23.8. The summed E-state index contributed by atoms with van der Waals surface area (Å²) in [7, 11) is 1.56. The molecular weight excluding hydrogens is 454 g/mol. The number of carbonyl (C=O) groups is 2. The lowest BCUT2D eigenvalue weighted by molar-refractivity contribution is -0.118. The molecule has 0 aliphatic rings. The minimum absolute atomic E-state index is 0.155. The van der Waals surface area contributed by atoms with Crippen molar-refractivity contribution in [1.29, 1.82) is 0 Å². The van der Waals surface area contributed by atoms with E-state index in [1.54, 1.807) is 31.4 Å². The van der Waals surface area contributed by atoms with Gasteiger partial charge in [-0.1, -0.05) is 36.0 Å². The van der Waals surface area contributed by atoms with Crippen molar-refractivity contribution in [2.45, 2.75) is 31.8 Å². The van der Waals surface area contributed by atoms with Gasteiger partial charge in [-0.05, 0) is 30.3 Å². The highest BCUT2D eigenvalue weighted by molar-refractivity contribution is 7.99. The molecule has 10 heteroatoms. The summed E-state index contributed by atoms with van der Waals surface area (Å²) < 4.78 is 13.0. The first-order valence-electron chi connectivity index (χ1n) is 10.5. The van der Waals surface area contributed by atoms with Crippen molar-refractivity contribution in [3.8, 4) is 11.5 Å². The number of allylic oxidation sites excluding steroid dienone is 1. The summed E-state index contributed by atoms with van der Waals surface area (Å²) in [6, 6.07) is 14.7. The third kappa shape index (κ3) is 7.11. The summed E-state index contributed by atoms with van der Waals surface area (Å²) in [5.41, 5.74) is 1.39. The predicted molar refractivity (Wildman–Crippen MR) is 131 cm³/mol. The molecule has 0 atom stereocenters. The fraction of sp³-hybridized carbons (Fsp3) is 0.250. The Morgan fingerprint density at radius 1 is 1.18 bits per heavy atom. The zero-order chi connectivity index (χ0) is 24.3. The molecule has 34 heavy (non-hydrogen) atoms. The molecule has 2 amide bonds. The number of methoxy groups -OCH3 is 1. The van der Waals surface area contributed by atoms with Crippen molar-refractivity contribution in [1.82, 2.24) is 20.1 Å². The van der Waals surface area contributed by atoms with Crippen LogP contribution in [0.4, 0.5) is 5.69 Å². The van der Waals surface area contributed by atoms with Gasteiger partial charge < -0.3 is 20.1 Å². The number of ether oxygens (including phenoxy) is 2. The summed E-state index contributed by atoms with van der Waals surface area (Å²) in [5.74, 6) is 1.81. The number of anilines is 1. The molecule has 1 aromatic heterocycles.